The number of hydrogen-bond donors (Lipinski definition) is 2. The molecule has 1 unspecified atom stereocenters. The number of para-hydroxylation sites is 1. The van der Waals surface area contributed by atoms with Crippen LogP contribution in [0.2, 0.25) is 0 Å². The molecule has 2 aromatic carbocycles. The van der Waals surface area contributed by atoms with E-state index in [1.807, 2.05) is 38.1 Å². The second kappa shape index (κ2) is 8.38. The van der Waals surface area contributed by atoms with Gasteiger partial charge in [-0.15, -0.1) is 0 Å². The summed E-state index contributed by atoms with van der Waals surface area (Å²) in [6.45, 7) is 5.56. The van der Waals surface area contributed by atoms with E-state index < -0.39 is 11.8 Å². The minimum Gasteiger partial charge on any atom is -0.493 e. The molecule has 0 aliphatic heterocycles. The summed E-state index contributed by atoms with van der Waals surface area (Å²) in [6.07, 6.45) is 0. The van der Waals surface area contributed by atoms with Crippen LogP contribution in [0, 0.1) is 13.8 Å². The Balaban J connectivity index is 2.08. The zero-order valence-electron chi connectivity index (χ0n) is 15.7. The van der Waals surface area contributed by atoms with Crippen molar-refractivity contribution in [1.82, 2.24) is 5.32 Å². The highest BCUT2D eigenvalue weighted by Gasteiger charge is 2.19. The molecule has 0 fully saturated rings. The van der Waals surface area contributed by atoms with Crippen molar-refractivity contribution in [1.29, 1.82) is 0 Å². The maximum absolute atomic E-state index is 12.3. The van der Waals surface area contributed by atoms with Crippen LogP contribution in [0.5, 0.6) is 11.5 Å². The van der Waals surface area contributed by atoms with E-state index in [-0.39, 0.29) is 6.04 Å². The highest BCUT2D eigenvalue weighted by molar-refractivity contribution is 6.39. The van der Waals surface area contributed by atoms with E-state index in [0.717, 1.165) is 16.7 Å². The van der Waals surface area contributed by atoms with Crippen molar-refractivity contribution in [2.45, 2.75) is 26.8 Å². The second-order valence-corrected chi connectivity index (χ2v) is 6.03. The molecule has 6 heteroatoms. The van der Waals surface area contributed by atoms with E-state index in [4.69, 9.17) is 9.47 Å². The fourth-order valence-corrected chi connectivity index (χ4v) is 2.65. The molecule has 0 aromatic heterocycles. The molecule has 26 heavy (non-hydrogen) atoms. The maximum atomic E-state index is 12.3. The van der Waals surface area contributed by atoms with E-state index >= 15 is 0 Å². The molecule has 2 aromatic rings. The van der Waals surface area contributed by atoms with Gasteiger partial charge in [-0.05, 0) is 49.6 Å². The number of amides is 2. The number of benzene rings is 2. The summed E-state index contributed by atoms with van der Waals surface area (Å²) < 4.78 is 10.5. The van der Waals surface area contributed by atoms with Gasteiger partial charge >= 0.3 is 11.8 Å². The van der Waals surface area contributed by atoms with E-state index in [1.165, 1.54) is 0 Å². The van der Waals surface area contributed by atoms with E-state index in [2.05, 4.69) is 10.6 Å². The quantitative estimate of drug-likeness (QED) is 0.807. The molecule has 0 aliphatic carbocycles. The molecule has 0 heterocycles. The van der Waals surface area contributed by atoms with Gasteiger partial charge in [-0.3, -0.25) is 9.59 Å². The molecule has 6 nitrogen and oxygen atoms in total. The summed E-state index contributed by atoms with van der Waals surface area (Å²) in [6, 6.07) is 10.6. The summed E-state index contributed by atoms with van der Waals surface area (Å²) in [7, 11) is 3.10. The van der Waals surface area contributed by atoms with Crippen molar-refractivity contribution < 1.29 is 19.1 Å². The molecule has 1 atom stereocenters. The first-order valence-electron chi connectivity index (χ1n) is 8.27. The number of rotatable bonds is 5. The molecule has 138 valence electrons. The summed E-state index contributed by atoms with van der Waals surface area (Å²) in [5.74, 6) is -0.238. The lowest BCUT2D eigenvalue weighted by molar-refractivity contribution is -0.136. The van der Waals surface area contributed by atoms with Crippen LogP contribution in [0.4, 0.5) is 5.69 Å². The van der Waals surface area contributed by atoms with Crippen LogP contribution in [0.1, 0.15) is 29.7 Å². The molecule has 2 N–H and O–H groups in total. The Morgan fingerprint density at radius 2 is 1.54 bits per heavy atom. The number of nitrogens with one attached hydrogen (secondary N) is 2. The van der Waals surface area contributed by atoms with Gasteiger partial charge in [0.1, 0.15) is 0 Å². The molecule has 2 amide bonds. The molecule has 0 saturated heterocycles. The van der Waals surface area contributed by atoms with Crippen molar-refractivity contribution in [3.63, 3.8) is 0 Å². The van der Waals surface area contributed by atoms with Crippen LogP contribution in [0.3, 0.4) is 0 Å². The number of methoxy groups -OCH3 is 2. The third-order valence-corrected chi connectivity index (χ3v) is 4.18. The number of carbonyl (C=O) groups excluding carboxylic acids is 2. The minimum atomic E-state index is -0.699. The number of anilines is 1. The summed E-state index contributed by atoms with van der Waals surface area (Å²) in [4.78, 5) is 24.5. The van der Waals surface area contributed by atoms with Gasteiger partial charge in [0.05, 0.1) is 20.3 Å². The Hall–Kier alpha value is -3.02. The van der Waals surface area contributed by atoms with Gasteiger partial charge in [0.25, 0.3) is 0 Å². The van der Waals surface area contributed by atoms with Gasteiger partial charge in [-0.2, -0.15) is 0 Å². The number of ether oxygens (including phenoxy) is 2. The van der Waals surface area contributed by atoms with Crippen molar-refractivity contribution >= 4 is 17.5 Å². The van der Waals surface area contributed by atoms with Crippen LogP contribution in [0.25, 0.3) is 0 Å². The van der Waals surface area contributed by atoms with Crippen molar-refractivity contribution in [3.8, 4) is 11.5 Å². The minimum absolute atomic E-state index is 0.369. The predicted octanol–water partition coefficient (Wildman–Crippen LogP) is 3.14. The van der Waals surface area contributed by atoms with Crippen LogP contribution in [0.15, 0.2) is 36.4 Å². The third kappa shape index (κ3) is 4.33. The predicted molar refractivity (Wildman–Crippen MR) is 101 cm³/mol. The average molecular weight is 356 g/mol. The summed E-state index contributed by atoms with van der Waals surface area (Å²) in [5.41, 5.74) is 3.26. The van der Waals surface area contributed by atoms with Crippen molar-refractivity contribution in [2.75, 3.05) is 19.5 Å². The van der Waals surface area contributed by atoms with Gasteiger partial charge in [-0.1, -0.05) is 24.3 Å². The smallest absolute Gasteiger partial charge is 0.313 e. The third-order valence-electron chi connectivity index (χ3n) is 4.18. The Morgan fingerprint density at radius 3 is 2.12 bits per heavy atom. The van der Waals surface area contributed by atoms with Crippen LogP contribution in [-0.2, 0) is 9.59 Å². The average Bonchev–Trinajstić information content (AvgIpc) is 2.63. The topological polar surface area (TPSA) is 76.7 Å². The Bertz CT molecular complexity index is 797. The van der Waals surface area contributed by atoms with Crippen molar-refractivity contribution in [2.24, 2.45) is 0 Å². The van der Waals surface area contributed by atoms with E-state index in [9.17, 15) is 9.59 Å². The SMILES string of the molecule is COc1ccc(C(C)NC(=O)C(=O)Nc2c(C)cccc2C)cc1OC. The molecule has 0 aliphatic rings. The molecule has 0 radical (unpaired) electrons. The molecule has 0 bridgehead atoms. The van der Waals surface area contributed by atoms with Gasteiger partial charge in [-0.25, -0.2) is 0 Å². The Labute approximate surface area is 153 Å². The first-order chi connectivity index (χ1) is 12.4. The first kappa shape index (κ1) is 19.3. The summed E-state index contributed by atoms with van der Waals surface area (Å²) in [5, 5.41) is 5.38. The first-order valence-corrected chi connectivity index (χ1v) is 8.27. The van der Waals surface area contributed by atoms with Crippen molar-refractivity contribution in [3.05, 3.63) is 53.1 Å². The molecule has 0 saturated carbocycles. The Kier molecular flexibility index (Phi) is 6.22. The molecular weight excluding hydrogens is 332 g/mol. The van der Waals surface area contributed by atoms with Gasteiger partial charge in [0.2, 0.25) is 0 Å². The molecular formula is C20H24N2O4. The van der Waals surface area contributed by atoms with Crippen LogP contribution in [-0.4, -0.2) is 26.0 Å². The molecule has 2 rings (SSSR count). The monoisotopic (exact) mass is 356 g/mol. The van der Waals surface area contributed by atoms with E-state index in [1.54, 1.807) is 33.3 Å². The lowest BCUT2D eigenvalue weighted by atomic mass is 10.1. The highest BCUT2D eigenvalue weighted by Crippen LogP contribution is 2.29. The zero-order chi connectivity index (χ0) is 19.3. The van der Waals surface area contributed by atoms with Gasteiger partial charge in [0.15, 0.2) is 11.5 Å². The van der Waals surface area contributed by atoms with Gasteiger partial charge < -0.3 is 20.1 Å². The fourth-order valence-electron chi connectivity index (χ4n) is 2.65. The number of hydrogen-bond acceptors (Lipinski definition) is 4. The maximum Gasteiger partial charge on any atom is 0.313 e. The standard InChI is InChI=1S/C20H24N2O4/c1-12-7-6-8-13(2)18(12)22-20(24)19(23)21-14(3)15-9-10-16(25-4)17(11-15)26-5/h6-11,14H,1-5H3,(H,21,23)(H,22,24). The molecule has 0 spiro atoms. The second-order valence-electron chi connectivity index (χ2n) is 6.03. The number of aryl methyl sites for hydroxylation is 2. The Morgan fingerprint density at radius 1 is 0.923 bits per heavy atom. The number of carbonyl (C=O) groups is 2. The highest BCUT2D eigenvalue weighted by atomic mass is 16.5. The summed E-state index contributed by atoms with van der Waals surface area (Å²) >= 11 is 0. The largest absolute Gasteiger partial charge is 0.493 e. The van der Waals surface area contributed by atoms with Crippen LogP contribution >= 0.6 is 0 Å². The van der Waals surface area contributed by atoms with Gasteiger partial charge in [0, 0.05) is 5.69 Å². The van der Waals surface area contributed by atoms with E-state index in [0.29, 0.717) is 17.2 Å². The lowest BCUT2D eigenvalue weighted by Gasteiger charge is -2.17. The zero-order valence-corrected chi connectivity index (χ0v) is 15.7. The normalized spacial score (nSPS) is 11.4. The lowest BCUT2D eigenvalue weighted by Crippen LogP contribution is -2.37. The fraction of sp³-hybridized carbons (Fsp3) is 0.300. The van der Waals surface area contributed by atoms with Crippen LogP contribution < -0.4 is 20.1 Å².